The first-order chi connectivity index (χ1) is 16.6. The Morgan fingerprint density at radius 2 is 1.78 bits per heavy atom. The highest BCUT2D eigenvalue weighted by molar-refractivity contribution is 6.74. The summed E-state index contributed by atoms with van der Waals surface area (Å²) < 4.78 is 7.43. The van der Waals surface area contributed by atoms with Crippen LogP contribution in [-0.4, -0.2) is 20.2 Å². The van der Waals surface area contributed by atoms with Crippen molar-refractivity contribution in [1.29, 1.82) is 0 Å². The molecule has 0 aromatic rings. The Hall–Kier alpha value is -0.933. The molecular weight excluding hydrogens is 456 g/mol. The summed E-state index contributed by atoms with van der Waals surface area (Å²) in [5.74, 6) is 4.11. The highest BCUT2D eigenvalue weighted by Crippen LogP contribution is 2.66. The van der Waals surface area contributed by atoms with E-state index in [1.54, 1.807) is 0 Å². The second-order valence-electron chi connectivity index (χ2n) is 15.3. The fraction of sp³-hybridized carbons (Fsp3) is 0.788. The Balaban J connectivity index is 1.71. The van der Waals surface area contributed by atoms with Crippen LogP contribution >= 0.6 is 0 Å². The number of allylic oxidation sites excluding steroid dienone is 6. The molecule has 0 saturated heterocycles. The van der Waals surface area contributed by atoms with Crippen molar-refractivity contribution in [3.63, 3.8) is 0 Å². The lowest BCUT2D eigenvalue weighted by molar-refractivity contribution is -0.111. The van der Waals surface area contributed by atoms with Crippen LogP contribution in [0.5, 0.6) is 0 Å². The number of ketones is 1. The van der Waals surface area contributed by atoms with E-state index in [2.05, 4.69) is 86.7 Å². The van der Waals surface area contributed by atoms with E-state index in [-0.39, 0.29) is 22.3 Å². The average molecular weight is 511 g/mol. The second kappa shape index (κ2) is 9.67. The first-order valence-corrected chi connectivity index (χ1v) is 17.8. The van der Waals surface area contributed by atoms with Gasteiger partial charge in [-0.1, -0.05) is 92.9 Å². The van der Waals surface area contributed by atoms with Crippen LogP contribution in [0.15, 0.2) is 36.0 Å². The lowest BCUT2D eigenvalue weighted by atomic mass is 9.48. The largest absolute Gasteiger partial charge is 0.414 e. The van der Waals surface area contributed by atoms with Crippen LogP contribution < -0.4 is 0 Å². The molecule has 202 valence electrons. The summed E-state index contributed by atoms with van der Waals surface area (Å²) in [5, 5.41) is 0.182. The summed E-state index contributed by atoms with van der Waals surface area (Å²) in [4.78, 5) is 12.3. The van der Waals surface area contributed by atoms with Crippen LogP contribution in [0.25, 0.3) is 0 Å². The maximum absolute atomic E-state index is 12.3. The summed E-state index contributed by atoms with van der Waals surface area (Å²) in [6.45, 7) is 24.2. The molecule has 36 heavy (non-hydrogen) atoms. The molecule has 2 nitrogen and oxygen atoms in total. The SMILES string of the molecule is CC(C)CCC[C@@H](C)[C@H]1CC[C@H]2[C@@H]3C=CC4=CC(=O)C=C[C@]4(C)[C@H]3[C@H](O[Si](C)(C)C(C)(C)C)C[C@]12C. The minimum atomic E-state index is -1.97. The van der Waals surface area contributed by atoms with E-state index in [9.17, 15) is 4.79 Å². The van der Waals surface area contributed by atoms with Gasteiger partial charge in [0.2, 0.25) is 0 Å². The van der Waals surface area contributed by atoms with Crippen LogP contribution in [0.3, 0.4) is 0 Å². The van der Waals surface area contributed by atoms with E-state index in [1.807, 2.05) is 12.2 Å². The molecule has 0 amide bonds. The van der Waals surface area contributed by atoms with E-state index in [0.717, 1.165) is 17.8 Å². The van der Waals surface area contributed by atoms with Crippen molar-refractivity contribution in [1.82, 2.24) is 0 Å². The first kappa shape index (κ1) is 28.1. The number of fused-ring (bicyclic) bond motifs is 5. The van der Waals surface area contributed by atoms with Gasteiger partial charge in [0, 0.05) is 11.3 Å². The highest BCUT2D eigenvalue weighted by atomic mass is 28.4. The van der Waals surface area contributed by atoms with Gasteiger partial charge in [0.1, 0.15) is 0 Å². The molecule has 3 heteroatoms. The van der Waals surface area contributed by atoms with E-state index < -0.39 is 8.32 Å². The lowest BCUT2D eigenvalue weighted by Gasteiger charge is -2.60. The van der Waals surface area contributed by atoms with Crippen molar-refractivity contribution in [3.8, 4) is 0 Å². The molecule has 0 aliphatic heterocycles. The van der Waals surface area contributed by atoms with Gasteiger partial charge < -0.3 is 4.43 Å². The number of rotatable bonds is 7. The minimum Gasteiger partial charge on any atom is -0.414 e. The van der Waals surface area contributed by atoms with E-state index in [4.69, 9.17) is 4.43 Å². The molecule has 8 atom stereocenters. The topological polar surface area (TPSA) is 26.3 Å². The lowest BCUT2D eigenvalue weighted by Crippen LogP contribution is -2.58. The van der Waals surface area contributed by atoms with Gasteiger partial charge in [0.25, 0.3) is 0 Å². The quantitative estimate of drug-likeness (QED) is 0.319. The zero-order valence-electron chi connectivity index (χ0n) is 25.0. The van der Waals surface area contributed by atoms with Crippen LogP contribution in [0.4, 0.5) is 0 Å². The molecule has 4 aliphatic rings. The standard InChI is InChI=1S/C33H54O2Si/c1-22(2)12-11-13-23(3)27-16-17-28-26-15-14-24-20-25(34)18-19-32(24,7)30(26)29(21-33(27,28)8)35-36(9,10)31(4,5)6/h14-15,18-20,22-23,26-30H,11-13,16-17,21H2,1-10H3/t23-,26+,27-,28+,29-,30-,32+,33-/m1/s1. The average Bonchev–Trinajstić information content (AvgIpc) is 3.09. The van der Waals surface area contributed by atoms with Gasteiger partial charge in [-0.15, -0.1) is 0 Å². The van der Waals surface area contributed by atoms with Gasteiger partial charge in [-0.25, -0.2) is 0 Å². The summed E-state index contributed by atoms with van der Waals surface area (Å²) in [7, 11) is -1.97. The third-order valence-electron chi connectivity index (χ3n) is 11.5. The Bertz CT molecular complexity index is 934. The number of hydrogen-bond acceptors (Lipinski definition) is 2. The van der Waals surface area contributed by atoms with Crippen molar-refractivity contribution in [2.45, 2.75) is 118 Å². The molecule has 4 aliphatic carbocycles. The van der Waals surface area contributed by atoms with Crippen molar-refractivity contribution in [2.75, 3.05) is 0 Å². The minimum absolute atomic E-state index is 0.122. The van der Waals surface area contributed by atoms with Gasteiger partial charge in [0.05, 0.1) is 6.10 Å². The smallest absolute Gasteiger partial charge is 0.192 e. The highest BCUT2D eigenvalue weighted by Gasteiger charge is 2.62. The zero-order valence-corrected chi connectivity index (χ0v) is 26.0. The Labute approximate surface area is 223 Å². The maximum atomic E-state index is 12.3. The van der Waals surface area contributed by atoms with Gasteiger partial charge in [0.15, 0.2) is 14.1 Å². The van der Waals surface area contributed by atoms with Gasteiger partial charge in [-0.3, -0.25) is 4.79 Å². The molecule has 0 aromatic heterocycles. The van der Waals surface area contributed by atoms with Crippen molar-refractivity contribution >= 4 is 14.1 Å². The number of hydrogen-bond donors (Lipinski definition) is 0. The molecule has 2 fully saturated rings. The molecule has 0 heterocycles. The monoisotopic (exact) mass is 510 g/mol. The molecule has 0 aromatic carbocycles. The predicted molar refractivity (Wildman–Crippen MR) is 155 cm³/mol. The number of carbonyl (C=O) groups is 1. The summed E-state index contributed by atoms with van der Waals surface area (Å²) in [6, 6.07) is 0. The van der Waals surface area contributed by atoms with Crippen LogP contribution in [0.2, 0.25) is 18.1 Å². The van der Waals surface area contributed by atoms with Crippen molar-refractivity contribution in [2.24, 2.45) is 46.3 Å². The van der Waals surface area contributed by atoms with Gasteiger partial charge in [-0.05, 0) is 90.1 Å². The fourth-order valence-electron chi connectivity index (χ4n) is 8.44. The fourth-order valence-corrected chi connectivity index (χ4v) is 9.78. The molecular formula is C33H54O2Si. The molecule has 2 saturated carbocycles. The van der Waals surface area contributed by atoms with E-state index in [1.165, 1.54) is 44.1 Å². The third kappa shape index (κ3) is 4.81. The van der Waals surface area contributed by atoms with Crippen molar-refractivity contribution in [3.05, 3.63) is 36.0 Å². The molecule has 0 bridgehead atoms. The predicted octanol–water partition coefficient (Wildman–Crippen LogP) is 9.15. The Morgan fingerprint density at radius 1 is 1.08 bits per heavy atom. The zero-order chi connectivity index (χ0) is 26.7. The van der Waals surface area contributed by atoms with Crippen LogP contribution in [0, 0.1) is 46.3 Å². The van der Waals surface area contributed by atoms with E-state index in [0.29, 0.717) is 23.2 Å². The molecule has 0 unspecified atom stereocenters. The first-order valence-electron chi connectivity index (χ1n) is 14.9. The van der Waals surface area contributed by atoms with Crippen LogP contribution in [0.1, 0.15) is 93.9 Å². The second-order valence-corrected chi connectivity index (χ2v) is 20.1. The maximum Gasteiger partial charge on any atom is 0.192 e. The summed E-state index contributed by atoms with van der Waals surface area (Å²) in [5.41, 5.74) is 1.39. The normalized spacial score (nSPS) is 39.0. The number of carbonyl (C=O) groups excluding carboxylic acids is 1. The molecule has 0 radical (unpaired) electrons. The van der Waals surface area contributed by atoms with Gasteiger partial charge in [-0.2, -0.15) is 0 Å². The molecule has 0 N–H and O–H groups in total. The Kier molecular flexibility index (Phi) is 7.54. The van der Waals surface area contributed by atoms with Gasteiger partial charge >= 0.3 is 0 Å². The Morgan fingerprint density at radius 3 is 2.42 bits per heavy atom. The summed E-state index contributed by atoms with van der Waals surface area (Å²) >= 11 is 0. The molecule has 4 rings (SSSR count). The molecule has 0 spiro atoms. The van der Waals surface area contributed by atoms with Crippen LogP contribution in [-0.2, 0) is 9.22 Å². The van der Waals surface area contributed by atoms with Crippen molar-refractivity contribution < 1.29 is 9.22 Å². The summed E-state index contributed by atoms with van der Waals surface area (Å²) in [6.07, 6.45) is 18.9. The third-order valence-corrected chi connectivity index (χ3v) is 16.0. The van der Waals surface area contributed by atoms with E-state index >= 15 is 0 Å².